The van der Waals surface area contributed by atoms with Gasteiger partial charge in [-0.3, -0.25) is 9.59 Å². The van der Waals surface area contributed by atoms with E-state index in [0.29, 0.717) is 30.1 Å². The minimum atomic E-state index is -0.363. The third kappa shape index (κ3) is 4.56. The normalized spacial score (nSPS) is 10.8. The third-order valence-electron chi connectivity index (χ3n) is 4.35. The number of nitrogens with zero attached hydrogens (tertiary/aromatic N) is 1. The third-order valence-corrected chi connectivity index (χ3v) is 4.35. The maximum atomic E-state index is 13.0. The van der Waals surface area contributed by atoms with Crippen molar-refractivity contribution in [1.29, 1.82) is 0 Å². The van der Waals surface area contributed by atoms with Crippen molar-refractivity contribution < 1.29 is 14.3 Å². The highest BCUT2D eigenvalue weighted by atomic mass is 16.5. The zero-order valence-corrected chi connectivity index (χ0v) is 15.6. The van der Waals surface area contributed by atoms with Crippen LogP contribution in [0.5, 0.6) is 11.5 Å². The summed E-state index contributed by atoms with van der Waals surface area (Å²) in [5.74, 6) is 0.263. The first-order chi connectivity index (χ1) is 12.6. The van der Waals surface area contributed by atoms with Crippen LogP contribution >= 0.6 is 0 Å². The second-order valence-electron chi connectivity index (χ2n) is 6.37. The maximum absolute atomic E-state index is 13.0. The number of carbonyl (C=O) groups is 1. The summed E-state index contributed by atoms with van der Waals surface area (Å²) in [5, 5.41) is 0.724. The van der Waals surface area contributed by atoms with Gasteiger partial charge >= 0.3 is 0 Å². The Kier molecular flexibility index (Phi) is 7.51. The lowest BCUT2D eigenvalue weighted by Crippen LogP contribution is -2.24. The quantitative estimate of drug-likeness (QED) is 0.373. The molecule has 0 fully saturated rings. The molecule has 2 rings (SSSR count). The molecule has 0 amide bonds. The molecule has 6 nitrogen and oxygen atoms in total. The number of unbranched alkanes of at least 4 members (excludes halogenated alkanes) is 4. The minimum Gasteiger partial charge on any atom is -0.489 e. The van der Waals surface area contributed by atoms with Gasteiger partial charge in [-0.05, 0) is 31.0 Å². The van der Waals surface area contributed by atoms with Crippen molar-refractivity contribution >= 4 is 23.1 Å². The number of benzene rings is 1. The van der Waals surface area contributed by atoms with E-state index in [4.69, 9.17) is 15.2 Å². The summed E-state index contributed by atoms with van der Waals surface area (Å²) in [6, 6.07) is 5.34. The van der Waals surface area contributed by atoms with E-state index in [-0.39, 0.29) is 17.8 Å². The highest BCUT2D eigenvalue weighted by Crippen LogP contribution is 2.34. The van der Waals surface area contributed by atoms with Crippen molar-refractivity contribution in [1.82, 2.24) is 4.57 Å². The molecule has 1 aromatic heterocycles. The van der Waals surface area contributed by atoms with Crippen LogP contribution in [0.3, 0.4) is 0 Å². The van der Waals surface area contributed by atoms with Gasteiger partial charge in [0.05, 0.1) is 12.1 Å². The smallest absolute Gasteiger partial charge is 0.298 e. The number of anilines is 1. The summed E-state index contributed by atoms with van der Waals surface area (Å²) < 4.78 is 12.5. The van der Waals surface area contributed by atoms with Crippen molar-refractivity contribution in [2.24, 2.45) is 0 Å². The Hall–Kier alpha value is -2.50. The predicted octanol–water partition coefficient (Wildman–Crippen LogP) is 3.88. The summed E-state index contributed by atoms with van der Waals surface area (Å²) in [7, 11) is 0. The molecule has 26 heavy (non-hydrogen) atoms. The molecular formula is C20H28N2O4. The summed E-state index contributed by atoms with van der Waals surface area (Å²) in [6.07, 6.45) is 5.94. The molecule has 0 aliphatic carbocycles. The van der Waals surface area contributed by atoms with Gasteiger partial charge in [0.25, 0.3) is 12.0 Å². The van der Waals surface area contributed by atoms with E-state index in [1.54, 1.807) is 16.7 Å². The first kappa shape index (κ1) is 19.8. The van der Waals surface area contributed by atoms with Crippen LogP contribution in [0.15, 0.2) is 23.0 Å². The van der Waals surface area contributed by atoms with Crippen LogP contribution in [0.1, 0.15) is 52.4 Å². The van der Waals surface area contributed by atoms with Crippen molar-refractivity contribution in [2.75, 3.05) is 12.3 Å². The lowest BCUT2D eigenvalue weighted by atomic mass is 10.1. The zero-order valence-electron chi connectivity index (χ0n) is 15.6. The number of fused-ring (bicyclic) bond motifs is 1. The predicted molar refractivity (Wildman–Crippen MR) is 104 cm³/mol. The fourth-order valence-electron chi connectivity index (χ4n) is 2.95. The molecule has 1 heterocycles. The number of ether oxygens (including phenoxy) is 2. The number of pyridine rings is 1. The average molecular weight is 360 g/mol. The molecule has 2 aromatic rings. The minimum absolute atomic E-state index is 0.0520. The summed E-state index contributed by atoms with van der Waals surface area (Å²) in [4.78, 5) is 23.9. The molecule has 6 heteroatoms. The Morgan fingerprint density at radius 2 is 1.85 bits per heavy atom. The lowest BCUT2D eigenvalue weighted by molar-refractivity contribution is -0.120. The van der Waals surface area contributed by atoms with E-state index in [9.17, 15) is 9.59 Å². The fraction of sp³-hybridized carbons (Fsp3) is 0.500. The molecule has 0 atom stereocenters. The van der Waals surface area contributed by atoms with Crippen LogP contribution in [0, 0.1) is 0 Å². The van der Waals surface area contributed by atoms with Crippen molar-refractivity contribution in [2.45, 2.75) is 58.9 Å². The van der Waals surface area contributed by atoms with Crippen LogP contribution in [0.4, 0.5) is 5.69 Å². The average Bonchev–Trinajstić information content (AvgIpc) is 2.63. The number of nitrogen functional groups attached to an aromatic ring is 1. The molecule has 0 spiro atoms. The van der Waals surface area contributed by atoms with E-state index in [2.05, 4.69) is 13.8 Å². The van der Waals surface area contributed by atoms with Crippen LogP contribution in [0.25, 0.3) is 10.9 Å². The number of rotatable bonds is 11. The van der Waals surface area contributed by atoms with Gasteiger partial charge in [-0.2, -0.15) is 0 Å². The Bertz CT molecular complexity index is 798. The van der Waals surface area contributed by atoms with Crippen LogP contribution in [0.2, 0.25) is 0 Å². The Morgan fingerprint density at radius 3 is 2.54 bits per heavy atom. The van der Waals surface area contributed by atoms with Gasteiger partial charge in [0, 0.05) is 17.6 Å². The first-order valence-electron chi connectivity index (χ1n) is 9.33. The summed E-state index contributed by atoms with van der Waals surface area (Å²) >= 11 is 0. The fourth-order valence-corrected chi connectivity index (χ4v) is 2.95. The molecule has 0 aliphatic heterocycles. The molecule has 0 saturated carbocycles. The Balaban J connectivity index is 2.56. The van der Waals surface area contributed by atoms with Crippen LogP contribution < -0.4 is 20.8 Å². The molecule has 0 aliphatic rings. The van der Waals surface area contributed by atoms with Gasteiger partial charge in [0.2, 0.25) is 5.75 Å². The highest BCUT2D eigenvalue weighted by Gasteiger charge is 2.20. The SMILES string of the molecule is CCCCCCn1c(=O)c(OC=O)c(OCCCC)c2ccc(N)cc21. The second kappa shape index (κ2) is 9.85. The van der Waals surface area contributed by atoms with E-state index >= 15 is 0 Å². The van der Waals surface area contributed by atoms with Gasteiger partial charge in [0.1, 0.15) is 0 Å². The molecule has 0 saturated heterocycles. The monoisotopic (exact) mass is 360 g/mol. The molecular weight excluding hydrogens is 332 g/mol. The molecule has 1 aromatic carbocycles. The van der Waals surface area contributed by atoms with Gasteiger partial charge in [-0.25, -0.2) is 0 Å². The van der Waals surface area contributed by atoms with Crippen LogP contribution in [-0.4, -0.2) is 17.6 Å². The number of hydrogen-bond donors (Lipinski definition) is 1. The summed E-state index contributed by atoms with van der Waals surface area (Å²) in [5.41, 5.74) is 6.86. The molecule has 142 valence electrons. The lowest BCUT2D eigenvalue weighted by Gasteiger charge is -2.17. The van der Waals surface area contributed by atoms with E-state index < -0.39 is 0 Å². The first-order valence-corrected chi connectivity index (χ1v) is 9.33. The Morgan fingerprint density at radius 1 is 1.08 bits per heavy atom. The molecule has 0 bridgehead atoms. The topological polar surface area (TPSA) is 83.5 Å². The van der Waals surface area contributed by atoms with Gasteiger partial charge < -0.3 is 19.8 Å². The number of carbonyl (C=O) groups excluding carboxylic acids is 1. The number of nitrogens with two attached hydrogens (primary N) is 1. The number of aryl methyl sites for hydroxylation is 1. The number of hydrogen-bond acceptors (Lipinski definition) is 5. The van der Waals surface area contributed by atoms with Gasteiger partial charge in [0.15, 0.2) is 5.75 Å². The van der Waals surface area contributed by atoms with E-state index in [1.807, 2.05) is 6.07 Å². The maximum Gasteiger partial charge on any atom is 0.298 e. The molecule has 0 radical (unpaired) electrons. The van der Waals surface area contributed by atoms with Gasteiger partial charge in [-0.15, -0.1) is 0 Å². The van der Waals surface area contributed by atoms with Crippen molar-refractivity contribution in [3.63, 3.8) is 0 Å². The van der Waals surface area contributed by atoms with E-state index in [0.717, 1.165) is 43.9 Å². The van der Waals surface area contributed by atoms with Crippen molar-refractivity contribution in [3.05, 3.63) is 28.6 Å². The molecule has 0 unspecified atom stereocenters. The Labute approximate surface area is 153 Å². The van der Waals surface area contributed by atoms with Gasteiger partial charge in [-0.1, -0.05) is 39.5 Å². The number of aromatic nitrogens is 1. The highest BCUT2D eigenvalue weighted by molar-refractivity contribution is 5.90. The van der Waals surface area contributed by atoms with E-state index in [1.165, 1.54) is 0 Å². The second-order valence-corrected chi connectivity index (χ2v) is 6.37. The van der Waals surface area contributed by atoms with Crippen molar-refractivity contribution in [3.8, 4) is 11.5 Å². The standard InChI is InChI=1S/C20H28N2O4/c1-3-5-7-8-11-22-17-13-15(21)9-10-16(17)18(25-12-6-4-2)19(20(22)24)26-14-23/h9-10,13-14H,3-8,11-12,21H2,1-2H3. The summed E-state index contributed by atoms with van der Waals surface area (Å²) in [6.45, 7) is 5.46. The zero-order chi connectivity index (χ0) is 18.9. The molecule has 2 N–H and O–H groups in total. The largest absolute Gasteiger partial charge is 0.489 e. The van der Waals surface area contributed by atoms with Crippen LogP contribution in [-0.2, 0) is 11.3 Å².